The molecule has 1 aliphatic heterocycles. The molecule has 1 atom stereocenters. The van der Waals surface area contributed by atoms with Gasteiger partial charge in [0, 0.05) is 17.3 Å². The maximum Gasteiger partial charge on any atom is 0.344 e. The normalized spacial score (nSPS) is 13.2. The first-order valence-electron chi connectivity index (χ1n) is 8.63. The van der Waals surface area contributed by atoms with Gasteiger partial charge in [-0.15, -0.1) is 0 Å². The van der Waals surface area contributed by atoms with Crippen LogP contribution in [0.5, 0.6) is 17.2 Å². The lowest BCUT2D eigenvalue weighted by molar-refractivity contribution is -0.155. The zero-order valence-corrected chi connectivity index (χ0v) is 15.2. The lowest BCUT2D eigenvalue weighted by atomic mass is 10.2. The topological polar surface area (TPSA) is 100 Å². The van der Waals surface area contributed by atoms with E-state index in [9.17, 15) is 14.4 Å². The van der Waals surface area contributed by atoms with Crippen molar-refractivity contribution in [1.29, 1.82) is 0 Å². The Morgan fingerprint density at radius 3 is 2.54 bits per heavy atom. The Kier molecular flexibility index (Phi) is 6.11. The van der Waals surface area contributed by atoms with Gasteiger partial charge < -0.3 is 24.3 Å². The van der Waals surface area contributed by atoms with Gasteiger partial charge >= 0.3 is 5.97 Å². The van der Waals surface area contributed by atoms with E-state index in [1.54, 1.807) is 42.5 Å². The molecule has 0 radical (unpaired) electrons. The second kappa shape index (κ2) is 8.90. The minimum atomic E-state index is -1.01. The maximum atomic E-state index is 12.2. The van der Waals surface area contributed by atoms with Gasteiger partial charge in [-0.1, -0.05) is 0 Å². The summed E-state index contributed by atoms with van der Waals surface area (Å²) >= 11 is 0. The molecule has 1 heterocycles. The van der Waals surface area contributed by atoms with Crippen LogP contribution in [-0.4, -0.2) is 44.1 Å². The summed E-state index contributed by atoms with van der Waals surface area (Å²) in [6.45, 7) is 2.03. The Morgan fingerprint density at radius 1 is 1.11 bits per heavy atom. The molecule has 0 aromatic heterocycles. The van der Waals surface area contributed by atoms with E-state index in [1.165, 1.54) is 6.92 Å². The largest absolute Gasteiger partial charge is 0.486 e. The van der Waals surface area contributed by atoms with Gasteiger partial charge in [-0.2, -0.15) is 0 Å². The number of aldehydes is 1. The average molecular weight is 385 g/mol. The van der Waals surface area contributed by atoms with Gasteiger partial charge in [-0.05, 0) is 43.3 Å². The first kappa shape index (κ1) is 19.2. The number of carbonyl (C=O) groups is 3. The molecule has 0 bridgehead atoms. The van der Waals surface area contributed by atoms with E-state index in [1.807, 2.05) is 0 Å². The Hall–Kier alpha value is -3.55. The van der Waals surface area contributed by atoms with Crippen molar-refractivity contribution in [3.05, 3.63) is 48.0 Å². The molecule has 0 spiro atoms. The lowest BCUT2D eigenvalue weighted by Gasteiger charge is -2.19. The van der Waals surface area contributed by atoms with Crippen LogP contribution in [0, 0.1) is 0 Å². The molecule has 0 unspecified atom stereocenters. The molecule has 28 heavy (non-hydrogen) atoms. The number of amides is 1. The smallest absolute Gasteiger partial charge is 0.344 e. The van der Waals surface area contributed by atoms with Crippen molar-refractivity contribution in [3.8, 4) is 17.2 Å². The number of carbonyl (C=O) groups excluding carboxylic acids is 3. The quantitative estimate of drug-likeness (QED) is 0.576. The minimum Gasteiger partial charge on any atom is -0.486 e. The highest BCUT2D eigenvalue weighted by atomic mass is 16.6. The molecule has 2 aromatic rings. The molecule has 146 valence electrons. The molecule has 0 fully saturated rings. The summed E-state index contributed by atoms with van der Waals surface area (Å²) in [5.74, 6) is 0.394. The maximum absolute atomic E-state index is 12.2. The van der Waals surface area contributed by atoms with Crippen molar-refractivity contribution >= 4 is 23.9 Å². The molecular formula is C20H19NO7. The first-order valence-corrected chi connectivity index (χ1v) is 8.63. The lowest BCUT2D eigenvalue weighted by Crippen LogP contribution is -2.31. The highest BCUT2D eigenvalue weighted by Crippen LogP contribution is 2.32. The van der Waals surface area contributed by atoms with Crippen LogP contribution in [0.4, 0.5) is 5.69 Å². The third-order valence-corrected chi connectivity index (χ3v) is 3.86. The summed E-state index contributed by atoms with van der Waals surface area (Å²) in [5, 5.41) is 2.66. The highest BCUT2D eigenvalue weighted by Gasteiger charge is 2.19. The summed E-state index contributed by atoms with van der Waals surface area (Å²) in [4.78, 5) is 34.7. The molecule has 0 aliphatic carbocycles. The van der Waals surface area contributed by atoms with Crippen molar-refractivity contribution < 1.29 is 33.3 Å². The molecule has 3 rings (SSSR count). The molecule has 1 amide bonds. The highest BCUT2D eigenvalue weighted by molar-refractivity contribution is 5.95. The first-order chi connectivity index (χ1) is 13.5. The van der Waals surface area contributed by atoms with Gasteiger partial charge in [0.1, 0.15) is 25.2 Å². The van der Waals surface area contributed by atoms with Crippen molar-refractivity contribution in [1.82, 2.24) is 0 Å². The fourth-order valence-electron chi connectivity index (χ4n) is 2.43. The van der Waals surface area contributed by atoms with Gasteiger partial charge in [0.05, 0.1) is 0 Å². The third-order valence-electron chi connectivity index (χ3n) is 3.86. The Bertz CT molecular complexity index is 863. The van der Waals surface area contributed by atoms with Crippen LogP contribution in [-0.2, 0) is 14.3 Å². The van der Waals surface area contributed by atoms with E-state index >= 15 is 0 Å². The molecule has 2 aromatic carbocycles. The zero-order valence-electron chi connectivity index (χ0n) is 15.2. The Labute approximate surface area is 161 Å². The van der Waals surface area contributed by atoms with Crippen LogP contribution in [0.3, 0.4) is 0 Å². The van der Waals surface area contributed by atoms with Crippen LogP contribution < -0.4 is 19.5 Å². The summed E-state index contributed by atoms with van der Waals surface area (Å²) in [6, 6.07) is 11.3. The number of rotatable bonds is 7. The van der Waals surface area contributed by atoms with Gasteiger partial charge in [0.25, 0.3) is 5.91 Å². The van der Waals surface area contributed by atoms with Crippen LogP contribution >= 0.6 is 0 Å². The van der Waals surface area contributed by atoms with Crippen molar-refractivity contribution in [3.63, 3.8) is 0 Å². The number of hydrogen-bond donors (Lipinski definition) is 1. The number of nitrogens with one attached hydrogen (secondary N) is 1. The number of fused-ring (bicyclic) bond motifs is 1. The summed E-state index contributed by atoms with van der Waals surface area (Å²) in [5.41, 5.74) is 1.00. The summed E-state index contributed by atoms with van der Waals surface area (Å²) < 4.78 is 21.2. The van der Waals surface area contributed by atoms with E-state index < -0.39 is 18.0 Å². The van der Waals surface area contributed by atoms with Gasteiger partial charge in [0.2, 0.25) is 0 Å². The monoisotopic (exact) mass is 385 g/mol. The molecule has 1 N–H and O–H groups in total. The van der Waals surface area contributed by atoms with E-state index in [0.717, 1.165) is 0 Å². The fourth-order valence-corrected chi connectivity index (χ4v) is 2.43. The fraction of sp³-hybridized carbons (Fsp3) is 0.250. The summed E-state index contributed by atoms with van der Waals surface area (Å²) in [6.07, 6.45) is -0.304. The number of esters is 1. The number of ether oxygens (including phenoxy) is 4. The van der Waals surface area contributed by atoms with Gasteiger partial charge in [-0.25, -0.2) is 4.79 Å². The molecule has 0 saturated heterocycles. The number of anilines is 1. The zero-order chi connectivity index (χ0) is 19.9. The van der Waals surface area contributed by atoms with Crippen molar-refractivity contribution in [2.24, 2.45) is 0 Å². The molecule has 8 nitrogen and oxygen atoms in total. The van der Waals surface area contributed by atoms with Crippen LogP contribution in [0.2, 0.25) is 0 Å². The van der Waals surface area contributed by atoms with E-state index in [-0.39, 0.29) is 6.61 Å². The van der Waals surface area contributed by atoms with Gasteiger partial charge in [0.15, 0.2) is 24.2 Å². The second-order valence-corrected chi connectivity index (χ2v) is 5.96. The number of benzene rings is 2. The van der Waals surface area contributed by atoms with E-state index in [0.29, 0.717) is 48.0 Å². The number of hydrogen-bond acceptors (Lipinski definition) is 7. The standard InChI is InChI=1S/C20H19NO7/c1-13(28-19(23)12-27-16-5-2-14(11-22)3-6-16)20(24)21-15-4-7-17-18(10-15)26-9-8-25-17/h2-7,10-11,13H,8-9,12H2,1H3,(H,21,24)/t13-/m0/s1. The molecule has 0 saturated carbocycles. The van der Waals surface area contributed by atoms with Crippen molar-refractivity contribution in [2.75, 3.05) is 25.1 Å². The average Bonchev–Trinajstić information content (AvgIpc) is 2.72. The predicted octanol–water partition coefficient (Wildman–Crippen LogP) is 2.22. The van der Waals surface area contributed by atoms with Gasteiger partial charge in [-0.3, -0.25) is 9.59 Å². The second-order valence-electron chi connectivity index (χ2n) is 5.96. The summed E-state index contributed by atoms with van der Waals surface area (Å²) in [7, 11) is 0. The minimum absolute atomic E-state index is 0.359. The van der Waals surface area contributed by atoms with E-state index in [2.05, 4.69) is 5.32 Å². The third kappa shape index (κ3) is 5.00. The Balaban J connectivity index is 1.47. The SMILES string of the molecule is C[C@H](OC(=O)COc1ccc(C=O)cc1)C(=O)Nc1ccc2c(c1)OCCO2. The predicted molar refractivity (Wildman–Crippen MR) is 98.9 cm³/mol. The van der Waals surface area contributed by atoms with Crippen molar-refractivity contribution in [2.45, 2.75) is 13.0 Å². The van der Waals surface area contributed by atoms with Crippen LogP contribution in [0.25, 0.3) is 0 Å². The molecule has 1 aliphatic rings. The van der Waals surface area contributed by atoms with E-state index in [4.69, 9.17) is 18.9 Å². The molecule has 8 heteroatoms. The Morgan fingerprint density at radius 2 is 1.82 bits per heavy atom. The molecular weight excluding hydrogens is 366 g/mol. The van der Waals surface area contributed by atoms with Crippen LogP contribution in [0.15, 0.2) is 42.5 Å². The van der Waals surface area contributed by atoms with Crippen LogP contribution in [0.1, 0.15) is 17.3 Å².